The van der Waals surface area contributed by atoms with Crippen LogP contribution < -0.4 is 10.1 Å². The Kier molecular flexibility index (Phi) is 6.67. The zero-order valence-corrected chi connectivity index (χ0v) is 15.4. The zero-order valence-electron chi connectivity index (χ0n) is 15.4. The fourth-order valence-corrected chi connectivity index (χ4v) is 3.34. The van der Waals surface area contributed by atoms with Gasteiger partial charge in [-0.3, -0.25) is 9.69 Å². The van der Waals surface area contributed by atoms with E-state index in [0.717, 1.165) is 38.2 Å². The lowest BCUT2D eigenvalue weighted by molar-refractivity contribution is -0.127. The van der Waals surface area contributed by atoms with Crippen LogP contribution >= 0.6 is 0 Å². The molecule has 0 radical (unpaired) electrons. The average molecular weight is 352 g/mol. The Morgan fingerprint density at radius 3 is 2.35 bits per heavy atom. The molecule has 0 aliphatic carbocycles. The highest BCUT2D eigenvalue weighted by Gasteiger charge is 2.25. The number of carbonyl (C=O) groups excluding carboxylic acids is 1. The molecule has 1 saturated heterocycles. The molecule has 1 aliphatic heterocycles. The number of rotatable bonds is 7. The molecular formula is C22H28N2O2. The molecule has 1 aliphatic rings. The molecule has 0 aromatic heterocycles. The predicted octanol–water partition coefficient (Wildman–Crippen LogP) is 3.48. The Morgan fingerprint density at radius 1 is 1.08 bits per heavy atom. The maximum Gasteiger partial charge on any atom is 0.223 e. The molecule has 3 rings (SSSR count). The van der Waals surface area contributed by atoms with Gasteiger partial charge < -0.3 is 10.1 Å². The summed E-state index contributed by atoms with van der Waals surface area (Å²) in [6.45, 7) is 5.40. The summed E-state index contributed by atoms with van der Waals surface area (Å²) in [4.78, 5) is 14.9. The molecule has 0 saturated carbocycles. The third-order valence-corrected chi connectivity index (χ3v) is 4.84. The number of benzene rings is 2. The van der Waals surface area contributed by atoms with Gasteiger partial charge in [0.1, 0.15) is 12.4 Å². The molecule has 0 bridgehead atoms. The molecule has 1 unspecified atom stereocenters. The maximum absolute atomic E-state index is 12.5. The third-order valence-electron chi connectivity index (χ3n) is 4.84. The van der Waals surface area contributed by atoms with Crippen molar-refractivity contribution in [1.82, 2.24) is 10.2 Å². The Labute approximate surface area is 156 Å². The number of para-hydroxylation sites is 1. The molecule has 2 aromatic rings. The SMILES string of the molecule is CC(COc1ccccc1)NC(=O)C1CCN(Cc2ccccc2)CC1. The topological polar surface area (TPSA) is 41.6 Å². The summed E-state index contributed by atoms with van der Waals surface area (Å²) < 4.78 is 5.72. The minimum Gasteiger partial charge on any atom is -0.491 e. The molecule has 1 N–H and O–H groups in total. The number of hydrogen-bond donors (Lipinski definition) is 1. The van der Waals surface area contributed by atoms with Crippen LogP contribution in [0.5, 0.6) is 5.75 Å². The highest BCUT2D eigenvalue weighted by molar-refractivity contribution is 5.79. The standard InChI is InChI=1S/C22H28N2O2/c1-18(17-26-21-10-6-3-7-11-21)23-22(25)20-12-14-24(15-13-20)16-19-8-4-2-5-9-19/h2-11,18,20H,12-17H2,1H3,(H,23,25). The summed E-state index contributed by atoms with van der Waals surface area (Å²) >= 11 is 0. The van der Waals surface area contributed by atoms with Crippen LogP contribution in [-0.2, 0) is 11.3 Å². The van der Waals surface area contributed by atoms with Crippen molar-refractivity contribution in [3.05, 3.63) is 66.2 Å². The number of likely N-dealkylation sites (tertiary alicyclic amines) is 1. The first-order valence-corrected chi connectivity index (χ1v) is 9.45. The van der Waals surface area contributed by atoms with Crippen molar-refractivity contribution in [3.8, 4) is 5.75 Å². The second kappa shape index (κ2) is 9.39. The second-order valence-corrected chi connectivity index (χ2v) is 7.07. The van der Waals surface area contributed by atoms with Crippen LogP contribution in [0.2, 0.25) is 0 Å². The highest BCUT2D eigenvalue weighted by Crippen LogP contribution is 2.19. The number of ether oxygens (including phenoxy) is 1. The average Bonchev–Trinajstić information content (AvgIpc) is 2.68. The highest BCUT2D eigenvalue weighted by atomic mass is 16.5. The van der Waals surface area contributed by atoms with Gasteiger partial charge in [-0.2, -0.15) is 0 Å². The van der Waals surface area contributed by atoms with Gasteiger partial charge in [0.05, 0.1) is 6.04 Å². The molecule has 1 fully saturated rings. The molecular weight excluding hydrogens is 324 g/mol. The van der Waals surface area contributed by atoms with E-state index in [9.17, 15) is 4.79 Å². The van der Waals surface area contributed by atoms with Crippen molar-refractivity contribution in [2.75, 3.05) is 19.7 Å². The van der Waals surface area contributed by atoms with Crippen molar-refractivity contribution in [1.29, 1.82) is 0 Å². The molecule has 138 valence electrons. The number of amides is 1. The molecule has 1 amide bonds. The number of piperidine rings is 1. The predicted molar refractivity (Wildman–Crippen MR) is 104 cm³/mol. The molecule has 4 heteroatoms. The van der Waals surface area contributed by atoms with E-state index in [1.807, 2.05) is 43.3 Å². The van der Waals surface area contributed by atoms with E-state index in [1.165, 1.54) is 5.56 Å². The van der Waals surface area contributed by atoms with Gasteiger partial charge >= 0.3 is 0 Å². The van der Waals surface area contributed by atoms with Gasteiger partial charge in [0.2, 0.25) is 5.91 Å². The molecule has 1 atom stereocenters. The van der Waals surface area contributed by atoms with E-state index < -0.39 is 0 Å². The summed E-state index contributed by atoms with van der Waals surface area (Å²) in [7, 11) is 0. The second-order valence-electron chi connectivity index (χ2n) is 7.07. The minimum atomic E-state index is 0.00468. The lowest BCUT2D eigenvalue weighted by Crippen LogP contribution is -2.44. The number of nitrogens with zero attached hydrogens (tertiary/aromatic N) is 1. The van der Waals surface area contributed by atoms with E-state index in [2.05, 4.69) is 34.5 Å². The van der Waals surface area contributed by atoms with E-state index in [4.69, 9.17) is 4.74 Å². The summed E-state index contributed by atoms with van der Waals surface area (Å²) in [6, 6.07) is 20.2. The first kappa shape index (κ1) is 18.5. The molecule has 1 heterocycles. The molecule has 4 nitrogen and oxygen atoms in total. The van der Waals surface area contributed by atoms with Crippen molar-refractivity contribution < 1.29 is 9.53 Å². The molecule has 0 spiro atoms. The summed E-state index contributed by atoms with van der Waals surface area (Å²) in [5.41, 5.74) is 1.34. The smallest absolute Gasteiger partial charge is 0.223 e. The van der Waals surface area contributed by atoms with Crippen molar-refractivity contribution in [3.63, 3.8) is 0 Å². The lowest BCUT2D eigenvalue weighted by atomic mass is 9.95. The summed E-state index contributed by atoms with van der Waals surface area (Å²) in [5, 5.41) is 3.10. The maximum atomic E-state index is 12.5. The fraction of sp³-hybridized carbons (Fsp3) is 0.409. The van der Waals surface area contributed by atoms with Gasteiger partial charge in [-0.15, -0.1) is 0 Å². The first-order chi connectivity index (χ1) is 12.7. The zero-order chi connectivity index (χ0) is 18.2. The Morgan fingerprint density at radius 2 is 1.69 bits per heavy atom. The van der Waals surface area contributed by atoms with Gasteiger partial charge in [-0.05, 0) is 50.6 Å². The van der Waals surface area contributed by atoms with Gasteiger partial charge in [-0.25, -0.2) is 0 Å². The largest absolute Gasteiger partial charge is 0.491 e. The van der Waals surface area contributed by atoms with Crippen LogP contribution in [0.15, 0.2) is 60.7 Å². The fourth-order valence-electron chi connectivity index (χ4n) is 3.34. The number of hydrogen-bond acceptors (Lipinski definition) is 3. The van der Waals surface area contributed by atoms with Crippen LogP contribution in [0, 0.1) is 5.92 Å². The van der Waals surface area contributed by atoms with Crippen molar-refractivity contribution >= 4 is 5.91 Å². The van der Waals surface area contributed by atoms with E-state index >= 15 is 0 Å². The third kappa shape index (κ3) is 5.60. The van der Waals surface area contributed by atoms with E-state index in [0.29, 0.717) is 6.61 Å². The van der Waals surface area contributed by atoms with E-state index in [1.54, 1.807) is 0 Å². The van der Waals surface area contributed by atoms with Crippen LogP contribution in [0.25, 0.3) is 0 Å². The van der Waals surface area contributed by atoms with Gasteiger partial charge in [0, 0.05) is 12.5 Å². The monoisotopic (exact) mass is 352 g/mol. The van der Waals surface area contributed by atoms with Crippen LogP contribution in [0.3, 0.4) is 0 Å². The lowest BCUT2D eigenvalue weighted by Gasteiger charge is -2.31. The van der Waals surface area contributed by atoms with Crippen LogP contribution in [0.4, 0.5) is 0 Å². The Hall–Kier alpha value is -2.33. The number of carbonyl (C=O) groups is 1. The quantitative estimate of drug-likeness (QED) is 0.829. The summed E-state index contributed by atoms with van der Waals surface area (Å²) in [6.07, 6.45) is 1.84. The van der Waals surface area contributed by atoms with Crippen molar-refractivity contribution in [2.45, 2.75) is 32.4 Å². The first-order valence-electron chi connectivity index (χ1n) is 9.45. The normalized spacial score (nSPS) is 16.8. The van der Waals surface area contributed by atoms with Gasteiger partial charge in [0.25, 0.3) is 0 Å². The number of nitrogens with one attached hydrogen (secondary N) is 1. The van der Waals surface area contributed by atoms with Crippen molar-refractivity contribution in [2.24, 2.45) is 5.92 Å². The van der Waals surface area contributed by atoms with Crippen LogP contribution in [-0.4, -0.2) is 36.5 Å². The Balaban J connectivity index is 1.37. The van der Waals surface area contributed by atoms with Gasteiger partial charge in [-0.1, -0.05) is 48.5 Å². The summed E-state index contributed by atoms with van der Waals surface area (Å²) in [5.74, 6) is 1.11. The molecule has 26 heavy (non-hydrogen) atoms. The molecule has 2 aromatic carbocycles. The minimum absolute atomic E-state index is 0.00468. The van der Waals surface area contributed by atoms with Gasteiger partial charge in [0.15, 0.2) is 0 Å². The van der Waals surface area contributed by atoms with E-state index in [-0.39, 0.29) is 17.9 Å². The van der Waals surface area contributed by atoms with Crippen LogP contribution in [0.1, 0.15) is 25.3 Å². The Bertz CT molecular complexity index is 667.